The molecular weight excluding hydrogens is 328 g/mol. The zero-order valence-corrected chi connectivity index (χ0v) is 14.7. The Hall–Kier alpha value is -2.82. The molecule has 1 unspecified atom stereocenters. The van der Waals surface area contributed by atoms with E-state index in [-0.39, 0.29) is 24.8 Å². The Bertz CT molecular complexity index is 746. The Morgan fingerprint density at radius 1 is 1.08 bits per heavy atom. The van der Waals surface area contributed by atoms with Crippen LogP contribution in [-0.4, -0.2) is 31.0 Å². The average molecular weight is 352 g/mol. The highest BCUT2D eigenvalue weighted by Gasteiger charge is 2.22. The van der Waals surface area contributed by atoms with Gasteiger partial charge in [0.2, 0.25) is 11.8 Å². The monoisotopic (exact) mass is 352 g/mol. The normalized spacial score (nSPS) is 17.1. The van der Waals surface area contributed by atoms with Gasteiger partial charge in [-0.05, 0) is 30.9 Å². The minimum atomic E-state index is -0.429. The first kappa shape index (κ1) is 18.0. The Morgan fingerprint density at radius 2 is 1.85 bits per heavy atom. The van der Waals surface area contributed by atoms with E-state index in [4.69, 9.17) is 4.74 Å². The molecule has 0 radical (unpaired) electrons. The highest BCUT2D eigenvalue weighted by atomic mass is 16.5. The van der Waals surface area contributed by atoms with Crippen LogP contribution in [0.25, 0.3) is 11.1 Å². The highest BCUT2D eigenvalue weighted by molar-refractivity contribution is 5.87. The standard InChI is InChI=1S/C21H24N2O3/c24-20(23-18-11-6-7-14-22-21(18)25)13-15-26-19-12-5-4-10-17(19)16-8-2-1-3-9-16/h1-5,8-10,12,18H,6-7,11,13-15H2,(H,22,25)(H,23,24). The number of para-hydroxylation sites is 1. The van der Waals surface area contributed by atoms with Crippen molar-refractivity contribution < 1.29 is 14.3 Å². The Labute approximate surface area is 153 Å². The van der Waals surface area contributed by atoms with Crippen LogP contribution in [0.5, 0.6) is 5.75 Å². The van der Waals surface area contributed by atoms with Gasteiger partial charge >= 0.3 is 0 Å². The Morgan fingerprint density at radius 3 is 2.69 bits per heavy atom. The van der Waals surface area contributed by atoms with E-state index in [0.717, 1.165) is 29.7 Å². The second-order valence-electron chi connectivity index (χ2n) is 6.37. The van der Waals surface area contributed by atoms with Crippen molar-refractivity contribution in [3.63, 3.8) is 0 Å². The molecule has 2 aromatic carbocycles. The maximum absolute atomic E-state index is 12.1. The summed E-state index contributed by atoms with van der Waals surface area (Å²) in [6.07, 6.45) is 2.80. The third-order valence-electron chi connectivity index (χ3n) is 4.43. The third kappa shape index (κ3) is 4.85. The fraction of sp³-hybridized carbons (Fsp3) is 0.333. The van der Waals surface area contributed by atoms with Crippen molar-refractivity contribution in [2.75, 3.05) is 13.2 Å². The van der Waals surface area contributed by atoms with Crippen LogP contribution in [0.2, 0.25) is 0 Å². The van der Waals surface area contributed by atoms with Gasteiger partial charge in [0.05, 0.1) is 13.0 Å². The number of amides is 2. The molecule has 136 valence electrons. The lowest BCUT2D eigenvalue weighted by molar-refractivity contribution is -0.129. The summed E-state index contributed by atoms with van der Waals surface area (Å²) in [6, 6.07) is 17.3. The van der Waals surface area contributed by atoms with E-state index < -0.39 is 6.04 Å². The number of nitrogens with one attached hydrogen (secondary N) is 2. The summed E-state index contributed by atoms with van der Waals surface area (Å²) < 4.78 is 5.84. The van der Waals surface area contributed by atoms with Crippen LogP contribution in [0.4, 0.5) is 0 Å². The maximum atomic E-state index is 12.1. The molecule has 1 aliphatic heterocycles. The van der Waals surface area contributed by atoms with Crippen molar-refractivity contribution in [3.05, 3.63) is 54.6 Å². The summed E-state index contributed by atoms with van der Waals surface area (Å²) in [5.41, 5.74) is 2.07. The molecule has 0 saturated carbocycles. The zero-order chi connectivity index (χ0) is 18.2. The van der Waals surface area contributed by atoms with E-state index in [2.05, 4.69) is 10.6 Å². The minimum absolute atomic E-state index is 0.0915. The van der Waals surface area contributed by atoms with Crippen molar-refractivity contribution >= 4 is 11.8 Å². The molecule has 26 heavy (non-hydrogen) atoms. The van der Waals surface area contributed by atoms with Gasteiger partial charge in [0.1, 0.15) is 11.8 Å². The predicted octanol–water partition coefficient (Wildman–Crippen LogP) is 2.91. The summed E-state index contributed by atoms with van der Waals surface area (Å²) in [5.74, 6) is 0.495. The van der Waals surface area contributed by atoms with Gasteiger partial charge in [-0.1, -0.05) is 48.5 Å². The predicted molar refractivity (Wildman–Crippen MR) is 101 cm³/mol. The van der Waals surface area contributed by atoms with Gasteiger partial charge < -0.3 is 15.4 Å². The summed E-state index contributed by atoms with van der Waals surface area (Å²) in [5, 5.41) is 5.63. The van der Waals surface area contributed by atoms with E-state index in [1.807, 2.05) is 54.6 Å². The summed E-state index contributed by atoms with van der Waals surface area (Å²) in [7, 11) is 0. The number of carbonyl (C=O) groups is 2. The molecule has 5 heteroatoms. The van der Waals surface area contributed by atoms with Crippen molar-refractivity contribution in [1.82, 2.24) is 10.6 Å². The molecule has 5 nitrogen and oxygen atoms in total. The van der Waals surface area contributed by atoms with E-state index in [1.165, 1.54) is 0 Å². The largest absolute Gasteiger partial charge is 0.492 e. The molecule has 2 amide bonds. The van der Waals surface area contributed by atoms with Crippen LogP contribution in [-0.2, 0) is 9.59 Å². The summed E-state index contributed by atoms with van der Waals surface area (Å²) in [6.45, 7) is 0.953. The van der Waals surface area contributed by atoms with Gasteiger partial charge in [-0.15, -0.1) is 0 Å². The van der Waals surface area contributed by atoms with Gasteiger partial charge in [-0.2, -0.15) is 0 Å². The minimum Gasteiger partial charge on any atom is -0.492 e. The van der Waals surface area contributed by atoms with Gasteiger partial charge in [0.25, 0.3) is 0 Å². The molecule has 2 aromatic rings. The zero-order valence-electron chi connectivity index (χ0n) is 14.7. The van der Waals surface area contributed by atoms with Crippen LogP contribution < -0.4 is 15.4 Å². The molecule has 1 aliphatic rings. The Kier molecular flexibility index (Phi) is 6.25. The topological polar surface area (TPSA) is 67.4 Å². The van der Waals surface area contributed by atoms with E-state index in [1.54, 1.807) is 0 Å². The molecule has 1 fully saturated rings. The van der Waals surface area contributed by atoms with Gasteiger partial charge in [0.15, 0.2) is 0 Å². The molecule has 3 rings (SSSR count). The van der Waals surface area contributed by atoms with Crippen LogP contribution in [0, 0.1) is 0 Å². The number of benzene rings is 2. The van der Waals surface area contributed by atoms with Crippen molar-refractivity contribution in [1.29, 1.82) is 0 Å². The molecule has 1 saturated heterocycles. The van der Waals surface area contributed by atoms with E-state index >= 15 is 0 Å². The fourth-order valence-electron chi connectivity index (χ4n) is 3.05. The highest BCUT2D eigenvalue weighted by Crippen LogP contribution is 2.29. The average Bonchev–Trinajstić information content (AvgIpc) is 2.87. The van der Waals surface area contributed by atoms with Crippen molar-refractivity contribution in [3.8, 4) is 16.9 Å². The summed E-state index contributed by atoms with van der Waals surface area (Å²) >= 11 is 0. The molecular formula is C21H24N2O3. The fourth-order valence-corrected chi connectivity index (χ4v) is 3.05. The first-order chi connectivity index (χ1) is 12.7. The molecule has 0 bridgehead atoms. The van der Waals surface area contributed by atoms with Gasteiger partial charge in [-0.25, -0.2) is 0 Å². The third-order valence-corrected chi connectivity index (χ3v) is 4.43. The molecule has 0 aliphatic carbocycles. The first-order valence-corrected chi connectivity index (χ1v) is 9.08. The number of ether oxygens (including phenoxy) is 1. The second-order valence-corrected chi connectivity index (χ2v) is 6.37. The Balaban J connectivity index is 1.54. The van der Waals surface area contributed by atoms with Crippen LogP contribution in [0.3, 0.4) is 0 Å². The van der Waals surface area contributed by atoms with Crippen molar-refractivity contribution in [2.45, 2.75) is 31.7 Å². The molecule has 0 aromatic heterocycles. The summed E-state index contributed by atoms with van der Waals surface area (Å²) in [4.78, 5) is 24.0. The lowest BCUT2D eigenvalue weighted by Gasteiger charge is -2.16. The lowest BCUT2D eigenvalue weighted by atomic mass is 10.1. The van der Waals surface area contributed by atoms with Crippen LogP contribution >= 0.6 is 0 Å². The number of hydrogen-bond acceptors (Lipinski definition) is 3. The number of hydrogen-bond donors (Lipinski definition) is 2. The second kappa shape index (κ2) is 9.04. The van der Waals surface area contributed by atoms with E-state index in [9.17, 15) is 9.59 Å². The molecule has 1 atom stereocenters. The smallest absolute Gasteiger partial charge is 0.242 e. The first-order valence-electron chi connectivity index (χ1n) is 9.08. The SMILES string of the molecule is O=C(CCOc1ccccc1-c1ccccc1)NC1CCCCNC1=O. The van der Waals surface area contributed by atoms with Crippen molar-refractivity contribution in [2.24, 2.45) is 0 Å². The number of rotatable bonds is 6. The van der Waals surface area contributed by atoms with Crippen LogP contribution in [0.15, 0.2) is 54.6 Å². The van der Waals surface area contributed by atoms with Gasteiger partial charge in [0, 0.05) is 12.1 Å². The number of carbonyl (C=O) groups excluding carboxylic acids is 2. The molecule has 0 spiro atoms. The van der Waals surface area contributed by atoms with Gasteiger partial charge in [-0.3, -0.25) is 9.59 Å². The molecule has 2 N–H and O–H groups in total. The lowest BCUT2D eigenvalue weighted by Crippen LogP contribution is -2.45. The molecule has 1 heterocycles. The van der Waals surface area contributed by atoms with Crippen LogP contribution in [0.1, 0.15) is 25.7 Å². The quantitative estimate of drug-likeness (QED) is 0.840. The van der Waals surface area contributed by atoms with E-state index in [0.29, 0.717) is 13.0 Å². The maximum Gasteiger partial charge on any atom is 0.242 e.